The van der Waals surface area contributed by atoms with Crippen molar-refractivity contribution in [3.8, 4) is 0 Å². The van der Waals surface area contributed by atoms with Crippen LogP contribution >= 0.6 is 0 Å². The summed E-state index contributed by atoms with van der Waals surface area (Å²) in [5.41, 5.74) is 0. The van der Waals surface area contributed by atoms with Gasteiger partial charge in [-0.1, -0.05) is 6.92 Å². The third-order valence-corrected chi connectivity index (χ3v) is 3.59. The molecule has 5 nitrogen and oxygen atoms in total. The Balaban J connectivity index is 2.12. The Kier molecular flexibility index (Phi) is 4.96. The number of methoxy groups -OCH3 is 1. The molecular formula is C14H24N4O. The van der Waals surface area contributed by atoms with Gasteiger partial charge >= 0.3 is 0 Å². The van der Waals surface area contributed by atoms with E-state index in [1.807, 2.05) is 13.1 Å². The van der Waals surface area contributed by atoms with Crippen molar-refractivity contribution in [3.05, 3.63) is 11.9 Å². The fraction of sp³-hybridized carbons (Fsp3) is 0.714. The molecule has 19 heavy (non-hydrogen) atoms. The number of hydrogen-bond donors (Lipinski definition) is 2. The highest BCUT2D eigenvalue weighted by Crippen LogP contribution is 2.25. The number of aromatic nitrogens is 2. The summed E-state index contributed by atoms with van der Waals surface area (Å²) in [6, 6.07) is 2.32. The highest BCUT2D eigenvalue weighted by molar-refractivity contribution is 5.48. The van der Waals surface area contributed by atoms with Gasteiger partial charge in [-0.2, -0.15) is 0 Å². The normalized spacial score (nSPS) is 22.5. The van der Waals surface area contributed by atoms with Gasteiger partial charge in [-0.15, -0.1) is 0 Å². The number of nitrogens with one attached hydrogen (secondary N) is 2. The lowest BCUT2D eigenvalue weighted by Gasteiger charge is -2.20. The largest absolute Gasteiger partial charge is 0.379 e. The molecule has 106 valence electrons. The molecule has 0 aromatic carbocycles. The van der Waals surface area contributed by atoms with E-state index in [1.54, 1.807) is 7.11 Å². The standard InChI is InChI=1S/C14H24N4O/c1-4-6-12-17-13(15-2)9-14(18-12)16-10-7-5-8-11(10)19-3/h9-11H,4-8H2,1-3H3,(H2,15,16,17,18). The Hall–Kier alpha value is -1.36. The average Bonchev–Trinajstić information content (AvgIpc) is 2.86. The van der Waals surface area contributed by atoms with Crippen LogP contribution in [0.15, 0.2) is 6.07 Å². The maximum Gasteiger partial charge on any atom is 0.133 e. The fourth-order valence-electron chi connectivity index (χ4n) is 2.60. The lowest BCUT2D eigenvalue weighted by Crippen LogP contribution is -2.30. The molecule has 0 aliphatic heterocycles. The number of ether oxygens (including phenoxy) is 1. The number of aryl methyl sites for hydroxylation is 1. The maximum atomic E-state index is 5.51. The van der Waals surface area contributed by atoms with Crippen molar-refractivity contribution in [2.45, 2.75) is 51.2 Å². The molecule has 2 atom stereocenters. The Bertz CT molecular complexity index is 410. The van der Waals surface area contributed by atoms with E-state index < -0.39 is 0 Å². The van der Waals surface area contributed by atoms with Crippen molar-refractivity contribution in [3.63, 3.8) is 0 Å². The third kappa shape index (κ3) is 3.56. The van der Waals surface area contributed by atoms with Crippen LogP contribution in [0.25, 0.3) is 0 Å². The second-order valence-corrected chi connectivity index (χ2v) is 5.01. The molecule has 2 N–H and O–H groups in total. The molecule has 1 aromatic heterocycles. The zero-order valence-electron chi connectivity index (χ0n) is 12.1. The lowest BCUT2D eigenvalue weighted by molar-refractivity contribution is 0.101. The van der Waals surface area contributed by atoms with Crippen molar-refractivity contribution in [2.75, 3.05) is 24.8 Å². The molecule has 1 heterocycles. The number of hydrogen-bond acceptors (Lipinski definition) is 5. The molecule has 0 radical (unpaired) electrons. The summed E-state index contributed by atoms with van der Waals surface area (Å²) >= 11 is 0. The van der Waals surface area contributed by atoms with Gasteiger partial charge in [0.15, 0.2) is 0 Å². The van der Waals surface area contributed by atoms with E-state index in [4.69, 9.17) is 4.74 Å². The number of nitrogens with zero attached hydrogens (tertiary/aromatic N) is 2. The summed E-state index contributed by atoms with van der Waals surface area (Å²) in [6.07, 6.45) is 5.73. The van der Waals surface area contributed by atoms with Gasteiger partial charge in [-0.3, -0.25) is 0 Å². The summed E-state index contributed by atoms with van der Waals surface area (Å²) < 4.78 is 5.51. The summed E-state index contributed by atoms with van der Waals surface area (Å²) in [5.74, 6) is 2.66. The van der Waals surface area contributed by atoms with Gasteiger partial charge in [0.2, 0.25) is 0 Å². The predicted molar refractivity (Wildman–Crippen MR) is 77.6 cm³/mol. The second kappa shape index (κ2) is 6.70. The van der Waals surface area contributed by atoms with Crippen LogP contribution in [0.4, 0.5) is 11.6 Å². The first-order chi connectivity index (χ1) is 9.26. The molecule has 1 fully saturated rings. The maximum absolute atomic E-state index is 5.51. The molecule has 2 rings (SSSR count). The fourth-order valence-corrected chi connectivity index (χ4v) is 2.60. The number of rotatable bonds is 6. The smallest absolute Gasteiger partial charge is 0.133 e. The van der Waals surface area contributed by atoms with Crippen molar-refractivity contribution in [1.29, 1.82) is 0 Å². The topological polar surface area (TPSA) is 59.1 Å². The molecule has 0 saturated heterocycles. The highest BCUT2D eigenvalue weighted by Gasteiger charge is 2.27. The zero-order valence-corrected chi connectivity index (χ0v) is 12.1. The van der Waals surface area contributed by atoms with E-state index in [-0.39, 0.29) is 0 Å². The van der Waals surface area contributed by atoms with E-state index in [9.17, 15) is 0 Å². The molecule has 1 aromatic rings. The van der Waals surface area contributed by atoms with E-state index in [0.29, 0.717) is 12.1 Å². The van der Waals surface area contributed by atoms with Gasteiger partial charge in [0.25, 0.3) is 0 Å². The minimum atomic E-state index is 0.294. The molecule has 0 bridgehead atoms. The van der Waals surface area contributed by atoms with Gasteiger partial charge in [0, 0.05) is 26.6 Å². The summed E-state index contributed by atoms with van der Waals surface area (Å²) in [6.45, 7) is 2.14. The minimum Gasteiger partial charge on any atom is -0.379 e. The van der Waals surface area contributed by atoms with Crippen molar-refractivity contribution >= 4 is 11.6 Å². The van der Waals surface area contributed by atoms with Crippen LogP contribution in [-0.4, -0.2) is 36.3 Å². The predicted octanol–water partition coefficient (Wildman–Crippen LogP) is 2.45. The van der Waals surface area contributed by atoms with E-state index in [1.165, 1.54) is 6.42 Å². The quantitative estimate of drug-likeness (QED) is 0.826. The van der Waals surface area contributed by atoms with Gasteiger partial charge in [-0.05, 0) is 25.7 Å². The van der Waals surface area contributed by atoms with Gasteiger partial charge < -0.3 is 15.4 Å². The summed E-state index contributed by atoms with van der Waals surface area (Å²) in [5, 5.41) is 6.59. The Morgan fingerprint density at radius 2 is 2.11 bits per heavy atom. The third-order valence-electron chi connectivity index (χ3n) is 3.59. The molecule has 2 unspecified atom stereocenters. The van der Waals surface area contributed by atoms with Gasteiger partial charge in [-0.25, -0.2) is 9.97 Å². The lowest BCUT2D eigenvalue weighted by atomic mass is 10.2. The molecule has 1 aliphatic rings. The van der Waals surface area contributed by atoms with E-state index >= 15 is 0 Å². The number of anilines is 2. The molecule has 1 saturated carbocycles. The van der Waals surface area contributed by atoms with Crippen LogP contribution in [0.1, 0.15) is 38.4 Å². The highest BCUT2D eigenvalue weighted by atomic mass is 16.5. The molecular weight excluding hydrogens is 240 g/mol. The minimum absolute atomic E-state index is 0.294. The Morgan fingerprint density at radius 3 is 2.79 bits per heavy atom. The van der Waals surface area contributed by atoms with Crippen LogP contribution in [-0.2, 0) is 11.2 Å². The summed E-state index contributed by atoms with van der Waals surface area (Å²) in [7, 11) is 3.67. The summed E-state index contributed by atoms with van der Waals surface area (Å²) in [4.78, 5) is 9.05. The first-order valence-electron chi connectivity index (χ1n) is 7.11. The first kappa shape index (κ1) is 14.1. The first-order valence-corrected chi connectivity index (χ1v) is 7.11. The van der Waals surface area contributed by atoms with Crippen LogP contribution < -0.4 is 10.6 Å². The molecule has 0 amide bonds. The van der Waals surface area contributed by atoms with Crippen LogP contribution in [0, 0.1) is 0 Å². The zero-order chi connectivity index (χ0) is 13.7. The Morgan fingerprint density at radius 1 is 1.32 bits per heavy atom. The van der Waals surface area contributed by atoms with Crippen LogP contribution in [0.3, 0.4) is 0 Å². The molecule has 0 spiro atoms. The van der Waals surface area contributed by atoms with Crippen molar-refractivity contribution in [1.82, 2.24) is 9.97 Å². The monoisotopic (exact) mass is 264 g/mol. The van der Waals surface area contributed by atoms with Crippen LogP contribution in [0.5, 0.6) is 0 Å². The molecule has 5 heteroatoms. The second-order valence-electron chi connectivity index (χ2n) is 5.01. The van der Waals surface area contributed by atoms with Crippen LogP contribution in [0.2, 0.25) is 0 Å². The van der Waals surface area contributed by atoms with Gasteiger partial charge in [0.05, 0.1) is 12.1 Å². The van der Waals surface area contributed by atoms with Crippen molar-refractivity contribution < 1.29 is 4.74 Å². The van der Waals surface area contributed by atoms with Gasteiger partial charge in [0.1, 0.15) is 17.5 Å². The van der Waals surface area contributed by atoms with Crippen molar-refractivity contribution in [2.24, 2.45) is 0 Å². The average molecular weight is 264 g/mol. The molecule has 1 aliphatic carbocycles. The van der Waals surface area contributed by atoms with E-state index in [0.717, 1.165) is 43.1 Å². The van der Waals surface area contributed by atoms with E-state index in [2.05, 4.69) is 27.5 Å². The SMILES string of the molecule is CCCc1nc(NC)cc(NC2CCCC2OC)n1. The Labute approximate surface area is 115 Å².